The Labute approximate surface area is 143 Å². The second-order valence-electron chi connectivity index (χ2n) is 6.17. The van der Waals surface area contributed by atoms with Crippen molar-refractivity contribution in [2.24, 2.45) is 0 Å². The van der Waals surface area contributed by atoms with Gasteiger partial charge in [0.15, 0.2) is 0 Å². The minimum atomic E-state index is -3.64. The molecule has 1 aromatic carbocycles. The number of aliphatic hydroxyl groups excluding tert-OH is 1. The predicted molar refractivity (Wildman–Crippen MR) is 93.6 cm³/mol. The van der Waals surface area contributed by atoms with Crippen molar-refractivity contribution in [3.05, 3.63) is 52.0 Å². The van der Waals surface area contributed by atoms with Crippen LogP contribution in [0.15, 0.2) is 27.7 Å². The van der Waals surface area contributed by atoms with Gasteiger partial charge in [-0.05, 0) is 81.0 Å². The fraction of sp³-hybridized carbons (Fsp3) is 0.444. The van der Waals surface area contributed by atoms with E-state index in [1.807, 2.05) is 34.6 Å². The maximum atomic E-state index is 12.7. The van der Waals surface area contributed by atoms with E-state index >= 15 is 0 Å². The highest BCUT2D eigenvalue weighted by molar-refractivity contribution is 7.89. The number of furan rings is 1. The van der Waals surface area contributed by atoms with Crippen LogP contribution in [0.25, 0.3) is 0 Å². The van der Waals surface area contributed by atoms with Crippen LogP contribution in [0.3, 0.4) is 0 Å². The van der Waals surface area contributed by atoms with Crippen molar-refractivity contribution < 1.29 is 17.9 Å². The molecule has 6 heteroatoms. The average molecular weight is 351 g/mol. The molecule has 1 unspecified atom stereocenters. The highest BCUT2D eigenvalue weighted by Crippen LogP contribution is 2.29. The summed E-state index contributed by atoms with van der Waals surface area (Å²) in [4.78, 5) is 0.343. The molecular weight excluding hydrogens is 326 g/mol. The van der Waals surface area contributed by atoms with Gasteiger partial charge in [0, 0.05) is 6.54 Å². The van der Waals surface area contributed by atoms with Gasteiger partial charge in [0.2, 0.25) is 10.0 Å². The lowest BCUT2D eigenvalue weighted by Crippen LogP contribution is -2.28. The van der Waals surface area contributed by atoms with Gasteiger partial charge in [0.1, 0.15) is 11.9 Å². The predicted octanol–water partition coefficient (Wildman–Crippen LogP) is 3.22. The topological polar surface area (TPSA) is 79.5 Å². The van der Waals surface area contributed by atoms with E-state index in [-0.39, 0.29) is 13.0 Å². The third-order valence-electron chi connectivity index (χ3n) is 4.78. The third kappa shape index (κ3) is 3.55. The van der Waals surface area contributed by atoms with Gasteiger partial charge in [-0.1, -0.05) is 0 Å². The quantitative estimate of drug-likeness (QED) is 0.837. The van der Waals surface area contributed by atoms with Gasteiger partial charge < -0.3 is 9.52 Å². The highest BCUT2D eigenvalue weighted by atomic mass is 32.2. The van der Waals surface area contributed by atoms with Crippen LogP contribution in [0.5, 0.6) is 0 Å². The van der Waals surface area contributed by atoms with Crippen molar-refractivity contribution in [3.63, 3.8) is 0 Å². The summed E-state index contributed by atoms with van der Waals surface area (Å²) in [5.41, 5.74) is 4.66. The molecule has 24 heavy (non-hydrogen) atoms. The molecule has 0 radical (unpaired) electrons. The standard InChI is InChI=1S/C18H25NO4S/c1-11-12(2)14(4)18(15(5)13(11)3)24(21,22)19-9-8-16(20)17-7-6-10-23-17/h6-7,10,16,19-20H,8-9H2,1-5H3. The van der Waals surface area contributed by atoms with Gasteiger partial charge in [-0.25, -0.2) is 13.1 Å². The molecule has 132 valence electrons. The summed E-state index contributed by atoms with van der Waals surface area (Å²) < 4.78 is 33.2. The van der Waals surface area contributed by atoms with Crippen LogP contribution in [0.1, 0.15) is 46.1 Å². The van der Waals surface area contributed by atoms with E-state index in [9.17, 15) is 13.5 Å². The molecule has 0 saturated heterocycles. The molecule has 0 aliphatic carbocycles. The van der Waals surface area contributed by atoms with Crippen LogP contribution in [-0.2, 0) is 10.0 Å². The van der Waals surface area contributed by atoms with Crippen molar-refractivity contribution in [2.75, 3.05) is 6.54 Å². The van der Waals surface area contributed by atoms with Crippen LogP contribution in [0, 0.1) is 34.6 Å². The zero-order chi connectivity index (χ0) is 18.1. The second-order valence-corrected chi connectivity index (χ2v) is 7.88. The van der Waals surface area contributed by atoms with Gasteiger partial charge in [-0.3, -0.25) is 0 Å². The first-order valence-corrected chi connectivity index (χ1v) is 9.43. The Kier molecular flexibility index (Phi) is 5.52. The van der Waals surface area contributed by atoms with E-state index < -0.39 is 16.1 Å². The molecule has 0 bridgehead atoms. The summed E-state index contributed by atoms with van der Waals surface area (Å²) in [5, 5.41) is 9.98. The Balaban J connectivity index is 2.19. The van der Waals surface area contributed by atoms with Crippen LogP contribution in [0.4, 0.5) is 0 Å². The van der Waals surface area contributed by atoms with Crippen molar-refractivity contribution in [1.82, 2.24) is 4.72 Å². The molecule has 0 aliphatic heterocycles. The lowest BCUT2D eigenvalue weighted by molar-refractivity contribution is 0.142. The molecule has 0 aliphatic rings. The zero-order valence-electron chi connectivity index (χ0n) is 14.8. The van der Waals surface area contributed by atoms with Gasteiger partial charge in [0.05, 0.1) is 11.2 Å². The number of hydrogen-bond acceptors (Lipinski definition) is 4. The minimum absolute atomic E-state index is 0.134. The average Bonchev–Trinajstić information content (AvgIpc) is 3.05. The number of nitrogens with one attached hydrogen (secondary N) is 1. The number of aliphatic hydroxyl groups is 1. The van der Waals surface area contributed by atoms with E-state index in [0.29, 0.717) is 10.7 Å². The van der Waals surface area contributed by atoms with Crippen LogP contribution in [0.2, 0.25) is 0 Å². The smallest absolute Gasteiger partial charge is 0.241 e. The summed E-state index contributed by atoms with van der Waals surface area (Å²) in [6.45, 7) is 9.69. The molecule has 0 saturated carbocycles. The number of benzene rings is 1. The first-order chi connectivity index (χ1) is 11.2. The van der Waals surface area contributed by atoms with E-state index in [1.54, 1.807) is 12.1 Å². The Morgan fingerprint density at radius 3 is 2.08 bits per heavy atom. The van der Waals surface area contributed by atoms with Gasteiger partial charge >= 0.3 is 0 Å². The van der Waals surface area contributed by atoms with Crippen molar-refractivity contribution in [2.45, 2.75) is 52.0 Å². The Bertz CT molecular complexity index is 794. The molecule has 0 amide bonds. The molecule has 0 fully saturated rings. The molecular formula is C18H25NO4S. The number of sulfonamides is 1. The van der Waals surface area contributed by atoms with Crippen molar-refractivity contribution >= 4 is 10.0 Å². The fourth-order valence-electron chi connectivity index (χ4n) is 2.89. The summed E-state index contributed by atoms with van der Waals surface area (Å²) in [6, 6.07) is 3.35. The maximum absolute atomic E-state index is 12.7. The number of hydrogen-bond donors (Lipinski definition) is 2. The van der Waals surface area contributed by atoms with E-state index in [2.05, 4.69) is 4.72 Å². The Hall–Kier alpha value is -1.63. The third-order valence-corrected chi connectivity index (χ3v) is 6.52. The molecule has 2 N–H and O–H groups in total. The van der Waals surface area contributed by atoms with Crippen LogP contribution >= 0.6 is 0 Å². The lowest BCUT2D eigenvalue weighted by atomic mass is 9.95. The first-order valence-electron chi connectivity index (χ1n) is 7.95. The van der Waals surface area contributed by atoms with Gasteiger partial charge in [0.25, 0.3) is 0 Å². The summed E-state index contributed by atoms with van der Waals surface area (Å²) >= 11 is 0. The monoisotopic (exact) mass is 351 g/mol. The van der Waals surface area contributed by atoms with E-state index in [0.717, 1.165) is 27.8 Å². The molecule has 1 heterocycles. The summed E-state index contributed by atoms with van der Waals surface area (Å²) in [5.74, 6) is 0.434. The molecule has 2 rings (SSSR count). The minimum Gasteiger partial charge on any atom is -0.467 e. The highest BCUT2D eigenvalue weighted by Gasteiger charge is 2.23. The van der Waals surface area contributed by atoms with Gasteiger partial charge in [-0.15, -0.1) is 0 Å². The van der Waals surface area contributed by atoms with E-state index in [4.69, 9.17) is 4.42 Å². The van der Waals surface area contributed by atoms with Gasteiger partial charge in [-0.2, -0.15) is 0 Å². The largest absolute Gasteiger partial charge is 0.467 e. The normalized spacial score (nSPS) is 13.2. The lowest BCUT2D eigenvalue weighted by Gasteiger charge is -2.19. The summed E-state index contributed by atoms with van der Waals surface area (Å²) in [6.07, 6.45) is 0.897. The zero-order valence-corrected chi connectivity index (χ0v) is 15.6. The van der Waals surface area contributed by atoms with Crippen molar-refractivity contribution in [1.29, 1.82) is 0 Å². The fourth-order valence-corrected chi connectivity index (χ4v) is 4.54. The van der Waals surface area contributed by atoms with Crippen molar-refractivity contribution in [3.8, 4) is 0 Å². The van der Waals surface area contributed by atoms with Crippen LogP contribution in [-0.4, -0.2) is 20.1 Å². The maximum Gasteiger partial charge on any atom is 0.241 e. The molecule has 0 spiro atoms. The molecule has 5 nitrogen and oxygen atoms in total. The molecule has 1 atom stereocenters. The SMILES string of the molecule is Cc1c(C)c(C)c(S(=O)(=O)NCCC(O)c2ccco2)c(C)c1C. The van der Waals surface area contributed by atoms with Crippen LogP contribution < -0.4 is 4.72 Å². The molecule has 2 aromatic rings. The Morgan fingerprint density at radius 2 is 1.58 bits per heavy atom. The number of rotatable bonds is 6. The second kappa shape index (κ2) is 7.09. The molecule has 1 aromatic heterocycles. The van der Waals surface area contributed by atoms with E-state index in [1.165, 1.54) is 6.26 Å². The first kappa shape index (κ1) is 18.7. The summed E-state index contributed by atoms with van der Waals surface area (Å²) in [7, 11) is -3.64. The Morgan fingerprint density at radius 1 is 1.04 bits per heavy atom.